The van der Waals surface area contributed by atoms with Crippen molar-refractivity contribution in [2.75, 3.05) is 5.88 Å². The molecule has 1 unspecified atom stereocenters. The van der Waals surface area contributed by atoms with Crippen LogP contribution in [-0.2, 0) is 6.42 Å². The van der Waals surface area contributed by atoms with Crippen LogP contribution >= 0.6 is 11.6 Å². The molecule has 0 radical (unpaired) electrons. The molecule has 78 valence electrons. The van der Waals surface area contributed by atoms with Gasteiger partial charge in [0.15, 0.2) is 0 Å². The topological polar surface area (TPSA) is 20.2 Å². The van der Waals surface area contributed by atoms with Gasteiger partial charge in [0.05, 0.1) is 6.10 Å². The zero-order valence-electron chi connectivity index (χ0n) is 7.92. The Morgan fingerprint density at radius 1 is 1.36 bits per heavy atom. The third-order valence-corrected chi connectivity index (χ3v) is 2.35. The number of aliphatic hydroxyl groups excluding tert-OH is 1. The molecule has 3 heteroatoms. The van der Waals surface area contributed by atoms with Gasteiger partial charge in [0.25, 0.3) is 0 Å². The maximum atomic E-state index is 13.1. The summed E-state index contributed by atoms with van der Waals surface area (Å²) in [4.78, 5) is 0. The monoisotopic (exact) mass is 216 g/mol. The first-order chi connectivity index (χ1) is 6.74. The molecule has 0 amide bonds. The number of hydrogen-bond acceptors (Lipinski definition) is 1. The largest absolute Gasteiger partial charge is 0.393 e. The van der Waals surface area contributed by atoms with E-state index in [-0.39, 0.29) is 5.82 Å². The van der Waals surface area contributed by atoms with E-state index in [1.807, 2.05) is 0 Å². The van der Waals surface area contributed by atoms with Crippen LogP contribution in [0.1, 0.15) is 18.4 Å². The number of halogens is 2. The summed E-state index contributed by atoms with van der Waals surface area (Å²) < 4.78 is 13.1. The predicted octanol–water partition coefficient (Wildman–Crippen LogP) is 2.75. The van der Waals surface area contributed by atoms with Gasteiger partial charge in [-0.25, -0.2) is 4.39 Å². The minimum absolute atomic E-state index is 0.252. The molecule has 0 heterocycles. The molecule has 1 N–H and O–H groups in total. The molecule has 14 heavy (non-hydrogen) atoms. The number of hydrogen-bond donors (Lipinski definition) is 1. The Balaban J connectivity index is 2.47. The maximum absolute atomic E-state index is 13.1. The molecular weight excluding hydrogens is 203 g/mol. The average molecular weight is 217 g/mol. The van der Waals surface area contributed by atoms with Gasteiger partial charge in [0.2, 0.25) is 0 Å². The van der Waals surface area contributed by atoms with Crippen LogP contribution in [0.2, 0.25) is 0 Å². The van der Waals surface area contributed by atoms with Crippen LogP contribution in [0.15, 0.2) is 24.3 Å². The summed E-state index contributed by atoms with van der Waals surface area (Å²) in [6.45, 7) is 0. The first kappa shape index (κ1) is 11.5. The van der Waals surface area contributed by atoms with Crippen LogP contribution in [0.3, 0.4) is 0 Å². The zero-order chi connectivity index (χ0) is 10.4. The lowest BCUT2D eigenvalue weighted by Gasteiger charge is -2.09. The van der Waals surface area contributed by atoms with Gasteiger partial charge in [0, 0.05) is 12.3 Å². The summed E-state index contributed by atoms with van der Waals surface area (Å²) in [6, 6.07) is 6.51. The molecule has 1 nitrogen and oxygen atoms in total. The van der Waals surface area contributed by atoms with Crippen molar-refractivity contribution in [3.8, 4) is 0 Å². The van der Waals surface area contributed by atoms with Crippen molar-refractivity contribution >= 4 is 11.6 Å². The van der Waals surface area contributed by atoms with Crippen molar-refractivity contribution in [2.24, 2.45) is 0 Å². The van der Waals surface area contributed by atoms with Gasteiger partial charge in [0.1, 0.15) is 5.82 Å². The van der Waals surface area contributed by atoms with Gasteiger partial charge in [-0.1, -0.05) is 18.2 Å². The average Bonchev–Trinajstić information content (AvgIpc) is 2.18. The summed E-state index contributed by atoms with van der Waals surface area (Å²) in [5.41, 5.74) is 0.564. The SMILES string of the molecule is OC(CCCCl)Cc1ccccc1F. The molecule has 0 saturated carbocycles. The van der Waals surface area contributed by atoms with E-state index in [4.69, 9.17) is 11.6 Å². The third kappa shape index (κ3) is 3.64. The lowest BCUT2D eigenvalue weighted by molar-refractivity contribution is 0.163. The Kier molecular flexibility index (Phi) is 4.91. The Labute approximate surface area is 88.5 Å². The van der Waals surface area contributed by atoms with Crippen LogP contribution in [-0.4, -0.2) is 17.1 Å². The molecule has 0 bridgehead atoms. The fourth-order valence-corrected chi connectivity index (χ4v) is 1.49. The lowest BCUT2D eigenvalue weighted by atomic mass is 10.0. The number of rotatable bonds is 5. The summed E-state index contributed by atoms with van der Waals surface area (Å²) in [5.74, 6) is 0.284. The van der Waals surface area contributed by atoms with Gasteiger partial charge in [-0.2, -0.15) is 0 Å². The molecule has 0 fully saturated rings. The van der Waals surface area contributed by atoms with Gasteiger partial charge < -0.3 is 5.11 Å². The second kappa shape index (κ2) is 5.99. The zero-order valence-corrected chi connectivity index (χ0v) is 8.67. The standard InChI is InChI=1S/C11H14ClFO/c12-7-3-5-10(14)8-9-4-1-2-6-11(9)13/h1-2,4,6,10,14H,3,5,7-8H2. The van der Waals surface area contributed by atoms with Crippen molar-refractivity contribution in [2.45, 2.75) is 25.4 Å². The smallest absolute Gasteiger partial charge is 0.126 e. The second-order valence-electron chi connectivity index (χ2n) is 3.28. The van der Waals surface area contributed by atoms with E-state index >= 15 is 0 Å². The van der Waals surface area contributed by atoms with Crippen LogP contribution in [0, 0.1) is 5.82 Å². The van der Waals surface area contributed by atoms with E-state index in [9.17, 15) is 9.50 Å². The van der Waals surface area contributed by atoms with Crippen molar-refractivity contribution in [3.05, 3.63) is 35.6 Å². The van der Waals surface area contributed by atoms with Gasteiger partial charge in [-0.15, -0.1) is 11.6 Å². The highest BCUT2D eigenvalue weighted by molar-refractivity contribution is 6.17. The number of alkyl halides is 1. The summed E-state index contributed by atoms with van der Waals surface area (Å²) >= 11 is 5.49. The number of benzene rings is 1. The highest BCUT2D eigenvalue weighted by Gasteiger charge is 2.08. The van der Waals surface area contributed by atoms with Crippen molar-refractivity contribution in [1.82, 2.24) is 0 Å². The summed E-state index contributed by atoms with van der Waals surface area (Å²) in [5, 5.41) is 9.53. The first-order valence-corrected chi connectivity index (χ1v) is 5.25. The third-order valence-electron chi connectivity index (χ3n) is 2.08. The Hall–Kier alpha value is -0.600. The first-order valence-electron chi connectivity index (χ1n) is 4.71. The molecule has 0 aliphatic rings. The van der Waals surface area contributed by atoms with Crippen LogP contribution in [0.4, 0.5) is 4.39 Å². The van der Waals surface area contributed by atoms with Gasteiger partial charge in [-0.05, 0) is 24.5 Å². The summed E-state index contributed by atoms with van der Waals surface area (Å²) in [6.07, 6.45) is 1.25. The Bertz CT molecular complexity index is 278. The minimum atomic E-state index is -0.495. The van der Waals surface area contributed by atoms with E-state index < -0.39 is 6.10 Å². The van der Waals surface area contributed by atoms with Gasteiger partial charge in [-0.3, -0.25) is 0 Å². The highest BCUT2D eigenvalue weighted by Crippen LogP contribution is 2.11. The van der Waals surface area contributed by atoms with E-state index in [0.717, 1.165) is 6.42 Å². The van der Waals surface area contributed by atoms with Gasteiger partial charge >= 0.3 is 0 Å². The number of aliphatic hydroxyl groups is 1. The Morgan fingerprint density at radius 3 is 2.71 bits per heavy atom. The molecule has 1 aromatic rings. The lowest BCUT2D eigenvalue weighted by Crippen LogP contribution is -2.11. The molecule has 0 aliphatic heterocycles. The molecule has 0 aromatic heterocycles. The molecule has 0 aliphatic carbocycles. The fourth-order valence-electron chi connectivity index (χ4n) is 1.33. The quantitative estimate of drug-likeness (QED) is 0.751. The molecule has 0 saturated heterocycles. The van der Waals surface area contributed by atoms with E-state index in [2.05, 4.69) is 0 Å². The molecule has 1 aromatic carbocycles. The van der Waals surface area contributed by atoms with Crippen molar-refractivity contribution in [1.29, 1.82) is 0 Å². The highest BCUT2D eigenvalue weighted by atomic mass is 35.5. The Morgan fingerprint density at radius 2 is 2.07 bits per heavy atom. The predicted molar refractivity (Wildman–Crippen MR) is 56.1 cm³/mol. The van der Waals surface area contributed by atoms with E-state index in [1.165, 1.54) is 6.07 Å². The van der Waals surface area contributed by atoms with Crippen LogP contribution < -0.4 is 0 Å². The second-order valence-corrected chi connectivity index (χ2v) is 3.66. The summed E-state index contributed by atoms with van der Waals surface area (Å²) in [7, 11) is 0. The van der Waals surface area contributed by atoms with E-state index in [0.29, 0.717) is 24.3 Å². The fraction of sp³-hybridized carbons (Fsp3) is 0.455. The van der Waals surface area contributed by atoms with Crippen LogP contribution in [0.25, 0.3) is 0 Å². The molecule has 1 rings (SSSR count). The maximum Gasteiger partial charge on any atom is 0.126 e. The minimum Gasteiger partial charge on any atom is -0.393 e. The van der Waals surface area contributed by atoms with E-state index in [1.54, 1.807) is 18.2 Å². The van der Waals surface area contributed by atoms with Crippen LogP contribution in [0.5, 0.6) is 0 Å². The normalized spacial score (nSPS) is 12.8. The molecule has 1 atom stereocenters. The molecule has 0 spiro atoms. The molecular formula is C11H14ClFO. The van der Waals surface area contributed by atoms with Crippen molar-refractivity contribution < 1.29 is 9.50 Å². The van der Waals surface area contributed by atoms with Crippen molar-refractivity contribution in [3.63, 3.8) is 0 Å².